The fourth-order valence-corrected chi connectivity index (χ4v) is 3.66. The first-order valence-electron chi connectivity index (χ1n) is 10.1. The van der Waals surface area contributed by atoms with Crippen molar-refractivity contribution in [2.45, 2.75) is 52.0 Å². The molecule has 0 unspecified atom stereocenters. The van der Waals surface area contributed by atoms with Crippen LogP contribution in [0.25, 0.3) is 6.08 Å². The van der Waals surface area contributed by atoms with Gasteiger partial charge in [0.25, 0.3) is 11.8 Å². The molecule has 1 saturated carbocycles. The number of barbiturate groups is 1. The molecule has 3 rings (SSSR count). The number of ether oxygens (including phenoxy) is 2. The summed E-state index contributed by atoms with van der Waals surface area (Å²) in [6, 6.07) is 4.44. The number of urea groups is 1. The van der Waals surface area contributed by atoms with Gasteiger partial charge in [0.2, 0.25) is 0 Å². The van der Waals surface area contributed by atoms with Crippen LogP contribution in [0.5, 0.6) is 11.5 Å². The number of imide groups is 2. The number of hydrogen-bond acceptors (Lipinski definition) is 5. The molecule has 1 N–H and O–H groups in total. The molecule has 1 saturated heterocycles. The number of rotatable bonds is 6. The molecule has 29 heavy (non-hydrogen) atoms. The third-order valence-corrected chi connectivity index (χ3v) is 5.14. The Morgan fingerprint density at radius 1 is 1.14 bits per heavy atom. The summed E-state index contributed by atoms with van der Waals surface area (Å²) >= 11 is 0. The molecule has 0 aromatic heterocycles. The molecular weight excluding hydrogens is 372 g/mol. The maximum atomic E-state index is 13.0. The Morgan fingerprint density at radius 3 is 2.52 bits per heavy atom. The van der Waals surface area contributed by atoms with Crippen molar-refractivity contribution in [2.24, 2.45) is 5.92 Å². The standard InChI is InChI=1S/C22H28N2O5/c1-14(2)13-29-18-10-9-15(12-19(18)28-3)11-17-20(25)23-22(27)24(21(17)26)16-7-5-4-6-8-16/h9-12,14,16H,4-8,13H2,1-3H3,(H,23,25,27)/b17-11-. The van der Waals surface area contributed by atoms with E-state index in [0.29, 0.717) is 29.6 Å². The highest BCUT2D eigenvalue weighted by Gasteiger charge is 2.40. The van der Waals surface area contributed by atoms with E-state index in [-0.39, 0.29) is 11.6 Å². The lowest BCUT2D eigenvalue weighted by atomic mass is 9.93. The van der Waals surface area contributed by atoms with Gasteiger partial charge in [-0.3, -0.25) is 19.8 Å². The van der Waals surface area contributed by atoms with E-state index >= 15 is 0 Å². The molecule has 156 valence electrons. The second-order valence-corrected chi connectivity index (χ2v) is 7.90. The van der Waals surface area contributed by atoms with Crippen molar-refractivity contribution in [2.75, 3.05) is 13.7 Å². The molecule has 0 bridgehead atoms. The Labute approximate surface area is 171 Å². The molecule has 2 fully saturated rings. The molecule has 1 heterocycles. The molecule has 1 aliphatic carbocycles. The Balaban J connectivity index is 1.86. The number of benzene rings is 1. The molecule has 7 heteroatoms. The van der Waals surface area contributed by atoms with Gasteiger partial charge >= 0.3 is 6.03 Å². The van der Waals surface area contributed by atoms with Crippen molar-refractivity contribution in [1.82, 2.24) is 10.2 Å². The van der Waals surface area contributed by atoms with E-state index in [4.69, 9.17) is 9.47 Å². The van der Waals surface area contributed by atoms with E-state index in [0.717, 1.165) is 32.1 Å². The highest BCUT2D eigenvalue weighted by molar-refractivity contribution is 6.31. The number of amides is 4. The smallest absolute Gasteiger partial charge is 0.331 e. The van der Waals surface area contributed by atoms with Crippen LogP contribution in [0.3, 0.4) is 0 Å². The normalized spacial score (nSPS) is 19.7. The van der Waals surface area contributed by atoms with Crippen LogP contribution in [0.15, 0.2) is 23.8 Å². The fourth-order valence-electron chi connectivity index (χ4n) is 3.66. The highest BCUT2D eigenvalue weighted by atomic mass is 16.5. The van der Waals surface area contributed by atoms with Gasteiger partial charge in [-0.2, -0.15) is 0 Å². The second-order valence-electron chi connectivity index (χ2n) is 7.90. The second kappa shape index (κ2) is 9.11. The van der Waals surface area contributed by atoms with E-state index in [1.807, 2.05) is 0 Å². The van der Waals surface area contributed by atoms with Crippen LogP contribution in [-0.4, -0.2) is 42.5 Å². The van der Waals surface area contributed by atoms with Gasteiger partial charge in [-0.25, -0.2) is 4.79 Å². The van der Waals surface area contributed by atoms with Crippen molar-refractivity contribution >= 4 is 23.9 Å². The number of hydrogen-bond donors (Lipinski definition) is 1. The van der Waals surface area contributed by atoms with Gasteiger partial charge in [0.1, 0.15) is 5.57 Å². The van der Waals surface area contributed by atoms with Crippen molar-refractivity contribution < 1.29 is 23.9 Å². The molecule has 1 aliphatic heterocycles. The van der Waals surface area contributed by atoms with Gasteiger partial charge in [-0.1, -0.05) is 39.2 Å². The quantitative estimate of drug-likeness (QED) is 0.583. The van der Waals surface area contributed by atoms with Crippen molar-refractivity contribution in [3.63, 3.8) is 0 Å². The van der Waals surface area contributed by atoms with Crippen LogP contribution in [0.1, 0.15) is 51.5 Å². The van der Waals surface area contributed by atoms with E-state index in [2.05, 4.69) is 19.2 Å². The molecule has 1 aromatic carbocycles. The topological polar surface area (TPSA) is 84.9 Å². The summed E-state index contributed by atoms with van der Waals surface area (Å²) in [6.07, 6.45) is 6.10. The molecule has 7 nitrogen and oxygen atoms in total. The zero-order valence-corrected chi connectivity index (χ0v) is 17.2. The number of carbonyl (C=O) groups is 3. The minimum Gasteiger partial charge on any atom is -0.493 e. The summed E-state index contributed by atoms with van der Waals surface area (Å²) in [7, 11) is 1.54. The third-order valence-electron chi connectivity index (χ3n) is 5.14. The van der Waals surface area contributed by atoms with E-state index < -0.39 is 17.8 Å². The molecule has 1 aromatic rings. The Morgan fingerprint density at radius 2 is 1.86 bits per heavy atom. The first-order valence-corrected chi connectivity index (χ1v) is 10.1. The van der Waals surface area contributed by atoms with Gasteiger partial charge in [0.15, 0.2) is 11.5 Å². The van der Waals surface area contributed by atoms with Gasteiger partial charge in [-0.15, -0.1) is 0 Å². The Kier molecular flexibility index (Phi) is 6.56. The van der Waals surface area contributed by atoms with Crippen molar-refractivity contribution in [3.05, 3.63) is 29.3 Å². The van der Waals surface area contributed by atoms with Crippen molar-refractivity contribution in [3.8, 4) is 11.5 Å². The number of carbonyl (C=O) groups excluding carboxylic acids is 3. The van der Waals surface area contributed by atoms with Crippen LogP contribution < -0.4 is 14.8 Å². The zero-order valence-electron chi connectivity index (χ0n) is 17.2. The minimum absolute atomic E-state index is 0.0481. The van der Waals surface area contributed by atoms with Crippen molar-refractivity contribution in [1.29, 1.82) is 0 Å². The van der Waals surface area contributed by atoms with Gasteiger partial charge in [0.05, 0.1) is 13.7 Å². The Bertz CT molecular complexity index is 824. The van der Waals surface area contributed by atoms with E-state index in [1.54, 1.807) is 18.2 Å². The summed E-state index contributed by atoms with van der Waals surface area (Å²) < 4.78 is 11.1. The fraction of sp³-hybridized carbons (Fsp3) is 0.500. The number of nitrogens with one attached hydrogen (secondary N) is 1. The van der Waals surface area contributed by atoms with Gasteiger partial charge < -0.3 is 9.47 Å². The summed E-state index contributed by atoms with van der Waals surface area (Å²) in [4.78, 5) is 38.8. The third kappa shape index (κ3) is 4.78. The zero-order chi connectivity index (χ0) is 21.0. The first-order chi connectivity index (χ1) is 13.9. The summed E-state index contributed by atoms with van der Waals surface area (Å²) in [5.41, 5.74) is 0.572. The molecule has 0 radical (unpaired) electrons. The van der Waals surface area contributed by atoms with Crippen LogP contribution in [0, 0.1) is 5.92 Å². The summed E-state index contributed by atoms with van der Waals surface area (Å²) in [5, 5.41) is 2.30. The molecular formula is C22H28N2O5. The number of methoxy groups -OCH3 is 1. The van der Waals surface area contributed by atoms with Crippen LogP contribution in [0.4, 0.5) is 4.79 Å². The maximum absolute atomic E-state index is 13.0. The largest absolute Gasteiger partial charge is 0.493 e. The average molecular weight is 400 g/mol. The summed E-state index contributed by atoms with van der Waals surface area (Å²) in [6.45, 7) is 4.66. The lowest BCUT2D eigenvalue weighted by Gasteiger charge is -2.35. The molecule has 4 amide bonds. The van der Waals surface area contributed by atoms with Crippen LogP contribution >= 0.6 is 0 Å². The number of nitrogens with zero attached hydrogens (tertiary/aromatic N) is 1. The minimum atomic E-state index is -0.675. The SMILES string of the molecule is COc1cc(/C=C2/C(=O)NC(=O)N(C3CCCCC3)C2=O)ccc1OCC(C)C. The maximum Gasteiger partial charge on any atom is 0.331 e. The lowest BCUT2D eigenvalue weighted by molar-refractivity contribution is -0.132. The van der Waals surface area contributed by atoms with Gasteiger partial charge in [0, 0.05) is 6.04 Å². The molecule has 0 atom stereocenters. The average Bonchev–Trinajstić information content (AvgIpc) is 2.70. The predicted molar refractivity (Wildman–Crippen MR) is 109 cm³/mol. The van der Waals surface area contributed by atoms with Crippen LogP contribution in [-0.2, 0) is 9.59 Å². The lowest BCUT2D eigenvalue weighted by Crippen LogP contribution is -2.58. The van der Waals surface area contributed by atoms with Gasteiger partial charge in [-0.05, 0) is 42.5 Å². The van der Waals surface area contributed by atoms with E-state index in [1.165, 1.54) is 18.1 Å². The van der Waals surface area contributed by atoms with E-state index in [9.17, 15) is 14.4 Å². The Hall–Kier alpha value is -2.83. The van der Waals surface area contributed by atoms with Crippen LogP contribution in [0.2, 0.25) is 0 Å². The summed E-state index contributed by atoms with van der Waals surface area (Å²) in [5.74, 6) is 0.273. The highest BCUT2D eigenvalue weighted by Crippen LogP contribution is 2.30. The molecule has 0 spiro atoms. The predicted octanol–water partition coefficient (Wildman–Crippen LogP) is 3.52. The monoisotopic (exact) mass is 400 g/mol. The first kappa shape index (κ1) is 20.9. The molecule has 2 aliphatic rings.